The van der Waals surface area contributed by atoms with E-state index in [0.29, 0.717) is 12.0 Å². The molecule has 5 rings (SSSR count). The van der Waals surface area contributed by atoms with Crippen LogP contribution >= 0.6 is 0 Å². The molecular formula is C25H16N4. The normalized spacial score (nSPS) is 14.9. The fourth-order valence-corrected chi connectivity index (χ4v) is 4.06. The highest BCUT2D eigenvalue weighted by molar-refractivity contribution is 5.92. The summed E-state index contributed by atoms with van der Waals surface area (Å²) < 4.78 is 2.25. The summed E-state index contributed by atoms with van der Waals surface area (Å²) in [6, 6.07) is 24.7. The highest BCUT2D eigenvalue weighted by Gasteiger charge is 2.23. The number of pyridine rings is 1. The molecule has 1 unspecified atom stereocenters. The SMILES string of the molecule is N#Cc1ccc(-c2ccccc2-n2c3c(c4ccccc42)CC(C#N)C=C3)nc1. The van der Waals surface area contributed by atoms with Crippen molar-refractivity contribution in [3.8, 4) is 29.1 Å². The second-order valence-corrected chi connectivity index (χ2v) is 7.08. The van der Waals surface area contributed by atoms with Crippen molar-refractivity contribution in [3.05, 3.63) is 89.8 Å². The molecule has 0 aliphatic heterocycles. The maximum atomic E-state index is 9.41. The van der Waals surface area contributed by atoms with E-state index in [-0.39, 0.29) is 5.92 Å². The van der Waals surface area contributed by atoms with Crippen molar-refractivity contribution in [1.82, 2.24) is 9.55 Å². The molecule has 0 saturated heterocycles. The molecule has 0 saturated carbocycles. The predicted octanol–water partition coefficient (Wildman–Crippen LogP) is 5.27. The maximum absolute atomic E-state index is 9.41. The maximum Gasteiger partial charge on any atom is 0.101 e. The van der Waals surface area contributed by atoms with Gasteiger partial charge < -0.3 is 4.57 Å². The van der Waals surface area contributed by atoms with Gasteiger partial charge in [0.15, 0.2) is 0 Å². The van der Waals surface area contributed by atoms with Crippen molar-refractivity contribution in [3.63, 3.8) is 0 Å². The van der Waals surface area contributed by atoms with Gasteiger partial charge in [0.2, 0.25) is 0 Å². The van der Waals surface area contributed by atoms with Gasteiger partial charge in [-0.1, -0.05) is 42.5 Å². The van der Waals surface area contributed by atoms with Crippen molar-refractivity contribution >= 4 is 17.0 Å². The summed E-state index contributed by atoms with van der Waals surface area (Å²) in [7, 11) is 0. The molecule has 136 valence electrons. The number of hydrogen-bond donors (Lipinski definition) is 0. The molecule has 0 fully saturated rings. The largest absolute Gasteiger partial charge is 0.309 e. The fraction of sp³-hybridized carbons (Fsp3) is 0.0800. The molecule has 4 nitrogen and oxygen atoms in total. The van der Waals surface area contributed by atoms with Crippen molar-refractivity contribution in [2.24, 2.45) is 5.92 Å². The van der Waals surface area contributed by atoms with Crippen LogP contribution < -0.4 is 0 Å². The quantitative estimate of drug-likeness (QED) is 0.481. The molecule has 2 heterocycles. The molecule has 2 aromatic carbocycles. The van der Waals surface area contributed by atoms with E-state index in [1.54, 1.807) is 12.3 Å². The number of aromatic nitrogens is 2. The lowest BCUT2D eigenvalue weighted by Crippen LogP contribution is -2.07. The standard InChI is InChI=1S/C25H16N4/c26-14-17-10-12-25-21(13-17)19-5-1-3-7-23(19)29(25)24-8-4-2-6-20(24)22-11-9-18(15-27)16-28-22/h1-12,16-17H,13H2. The van der Waals surface area contributed by atoms with Gasteiger partial charge >= 0.3 is 0 Å². The predicted molar refractivity (Wildman–Crippen MR) is 113 cm³/mol. The number of hydrogen-bond acceptors (Lipinski definition) is 3. The topological polar surface area (TPSA) is 65.4 Å². The third kappa shape index (κ3) is 2.71. The Hall–Kier alpha value is -4.15. The molecule has 0 amide bonds. The summed E-state index contributed by atoms with van der Waals surface area (Å²) in [4.78, 5) is 4.51. The van der Waals surface area contributed by atoms with Crippen molar-refractivity contribution < 1.29 is 0 Å². The Labute approximate surface area is 168 Å². The van der Waals surface area contributed by atoms with Gasteiger partial charge in [0.25, 0.3) is 0 Å². The number of rotatable bonds is 2. The summed E-state index contributed by atoms with van der Waals surface area (Å²) in [6.45, 7) is 0. The van der Waals surface area contributed by atoms with E-state index in [2.05, 4.69) is 52.0 Å². The van der Waals surface area contributed by atoms with Crippen molar-refractivity contribution in [1.29, 1.82) is 10.5 Å². The zero-order chi connectivity index (χ0) is 19.8. The first-order valence-corrected chi connectivity index (χ1v) is 9.46. The lowest BCUT2D eigenvalue weighted by atomic mass is 9.93. The highest BCUT2D eigenvalue weighted by Crippen LogP contribution is 2.37. The Morgan fingerprint density at radius 2 is 1.79 bits per heavy atom. The lowest BCUT2D eigenvalue weighted by molar-refractivity contribution is 0.809. The van der Waals surface area contributed by atoms with Crippen LogP contribution in [0.25, 0.3) is 33.9 Å². The van der Waals surface area contributed by atoms with Crippen LogP contribution in [0.1, 0.15) is 16.8 Å². The third-order valence-electron chi connectivity index (χ3n) is 5.41. The van der Waals surface area contributed by atoms with Gasteiger partial charge in [0.1, 0.15) is 6.07 Å². The van der Waals surface area contributed by atoms with Crippen LogP contribution in [0.15, 0.2) is 72.9 Å². The smallest absolute Gasteiger partial charge is 0.101 e. The summed E-state index contributed by atoms with van der Waals surface area (Å²) in [5, 5.41) is 19.7. The first-order chi connectivity index (χ1) is 14.3. The minimum Gasteiger partial charge on any atom is -0.309 e. The van der Waals surface area contributed by atoms with Gasteiger partial charge in [0, 0.05) is 22.8 Å². The van der Waals surface area contributed by atoms with Crippen molar-refractivity contribution in [2.75, 3.05) is 0 Å². The molecule has 1 aliphatic carbocycles. The Kier molecular flexibility index (Phi) is 3.97. The molecule has 4 heteroatoms. The van der Waals surface area contributed by atoms with E-state index in [0.717, 1.165) is 28.2 Å². The van der Waals surface area contributed by atoms with Gasteiger partial charge in [-0.25, -0.2) is 0 Å². The minimum absolute atomic E-state index is 0.0998. The molecule has 1 atom stereocenters. The van der Waals surface area contributed by atoms with Gasteiger partial charge in [-0.2, -0.15) is 10.5 Å². The lowest BCUT2D eigenvalue weighted by Gasteiger charge is -2.17. The van der Waals surface area contributed by atoms with E-state index in [1.807, 2.05) is 36.4 Å². The number of fused-ring (bicyclic) bond motifs is 3. The van der Waals surface area contributed by atoms with Crippen LogP contribution in [-0.4, -0.2) is 9.55 Å². The Balaban J connectivity index is 1.78. The van der Waals surface area contributed by atoms with E-state index in [4.69, 9.17) is 5.26 Å². The number of nitrogens with zero attached hydrogens (tertiary/aromatic N) is 4. The summed E-state index contributed by atoms with van der Waals surface area (Å²) in [6.07, 6.45) is 6.37. The van der Waals surface area contributed by atoms with Gasteiger partial charge in [-0.3, -0.25) is 4.98 Å². The average molecular weight is 372 g/mol. The van der Waals surface area contributed by atoms with Crippen LogP contribution in [0.5, 0.6) is 0 Å². The average Bonchev–Trinajstić information content (AvgIpc) is 3.12. The molecule has 0 radical (unpaired) electrons. The van der Waals surface area contributed by atoms with Gasteiger partial charge in [0.05, 0.1) is 34.4 Å². The first kappa shape index (κ1) is 17.0. The molecule has 4 aromatic rings. The number of allylic oxidation sites excluding steroid dienone is 1. The zero-order valence-electron chi connectivity index (χ0n) is 15.6. The number of para-hydroxylation sites is 2. The summed E-state index contributed by atoms with van der Waals surface area (Å²) in [5.41, 5.74) is 6.82. The van der Waals surface area contributed by atoms with E-state index < -0.39 is 0 Å². The second kappa shape index (κ2) is 6.78. The molecule has 0 spiro atoms. The minimum atomic E-state index is -0.0998. The monoisotopic (exact) mass is 372 g/mol. The molecule has 29 heavy (non-hydrogen) atoms. The molecule has 1 aliphatic rings. The molecule has 2 aromatic heterocycles. The number of benzene rings is 2. The van der Waals surface area contributed by atoms with Crippen LogP contribution in [-0.2, 0) is 6.42 Å². The van der Waals surface area contributed by atoms with Crippen LogP contribution in [0.3, 0.4) is 0 Å². The van der Waals surface area contributed by atoms with Gasteiger partial charge in [-0.05, 0) is 42.3 Å². The molecule has 0 bridgehead atoms. The number of nitriles is 2. The first-order valence-electron chi connectivity index (χ1n) is 9.46. The van der Waals surface area contributed by atoms with Crippen LogP contribution in [0.4, 0.5) is 0 Å². The van der Waals surface area contributed by atoms with E-state index in [9.17, 15) is 5.26 Å². The Bertz CT molecular complexity index is 1340. The van der Waals surface area contributed by atoms with Crippen LogP contribution in [0.2, 0.25) is 0 Å². The second-order valence-electron chi connectivity index (χ2n) is 7.08. The fourth-order valence-electron chi connectivity index (χ4n) is 4.06. The van der Waals surface area contributed by atoms with E-state index in [1.165, 1.54) is 10.9 Å². The van der Waals surface area contributed by atoms with Crippen LogP contribution in [0, 0.1) is 28.6 Å². The summed E-state index contributed by atoms with van der Waals surface area (Å²) >= 11 is 0. The third-order valence-corrected chi connectivity index (χ3v) is 5.41. The van der Waals surface area contributed by atoms with Crippen molar-refractivity contribution in [2.45, 2.75) is 6.42 Å². The Morgan fingerprint density at radius 3 is 2.59 bits per heavy atom. The Morgan fingerprint density at radius 1 is 0.966 bits per heavy atom. The van der Waals surface area contributed by atoms with E-state index >= 15 is 0 Å². The highest BCUT2D eigenvalue weighted by atomic mass is 15.0. The summed E-state index contributed by atoms with van der Waals surface area (Å²) in [5.74, 6) is -0.0998. The molecule has 0 N–H and O–H groups in total. The zero-order valence-corrected chi connectivity index (χ0v) is 15.6. The van der Waals surface area contributed by atoms with Gasteiger partial charge in [-0.15, -0.1) is 0 Å². The molecular weight excluding hydrogens is 356 g/mol.